The molecule has 0 unspecified atom stereocenters. The summed E-state index contributed by atoms with van der Waals surface area (Å²) in [5, 5.41) is 13.9. The molecule has 2 aliphatic rings. The van der Waals surface area contributed by atoms with Gasteiger partial charge in [-0.25, -0.2) is 13.1 Å². The minimum absolute atomic E-state index is 0.0351. The zero-order valence-electron chi connectivity index (χ0n) is 26.7. The van der Waals surface area contributed by atoms with Crippen molar-refractivity contribution in [3.63, 3.8) is 0 Å². The van der Waals surface area contributed by atoms with E-state index in [4.69, 9.17) is 15.9 Å². The summed E-state index contributed by atoms with van der Waals surface area (Å²) < 4.78 is 33.5. The number of nitrogens with two attached hydrogens (primary N) is 1. The Morgan fingerprint density at radius 2 is 1.84 bits per heavy atom. The fourth-order valence-electron chi connectivity index (χ4n) is 5.90. The maximum absolute atomic E-state index is 14.0. The number of nitrogen functional groups attached to an aromatic ring is 1. The highest BCUT2D eigenvalue weighted by Crippen LogP contribution is 2.27. The predicted octanol–water partition coefficient (Wildman–Crippen LogP) is 2.83. The van der Waals surface area contributed by atoms with Crippen molar-refractivity contribution in [3.05, 3.63) is 57.3 Å². The number of carbonyl (C=O) groups is 2. The first-order valence-electron chi connectivity index (χ1n) is 15.6. The van der Waals surface area contributed by atoms with Gasteiger partial charge in [-0.2, -0.15) is 0 Å². The number of rotatable bonds is 13. The highest BCUT2D eigenvalue weighted by atomic mass is 32.2. The van der Waals surface area contributed by atoms with Crippen LogP contribution in [0.4, 0.5) is 0 Å². The van der Waals surface area contributed by atoms with E-state index in [0.717, 1.165) is 42.6 Å². The lowest BCUT2D eigenvalue weighted by atomic mass is 9.87. The monoisotopic (exact) mass is 660 g/mol. The van der Waals surface area contributed by atoms with Crippen LogP contribution in [0.15, 0.2) is 36.4 Å². The van der Waals surface area contributed by atoms with Gasteiger partial charge in [-0.05, 0) is 73.4 Å². The van der Waals surface area contributed by atoms with Gasteiger partial charge in [-0.1, -0.05) is 45.0 Å². The second-order valence-electron chi connectivity index (χ2n) is 13.2. The van der Waals surface area contributed by atoms with Crippen molar-refractivity contribution in [2.75, 3.05) is 25.9 Å². The minimum Gasteiger partial charge on any atom is -0.383 e. The first-order valence-corrected chi connectivity index (χ1v) is 18.3. The van der Waals surface area contributed by atoms with Crippen LogP contribution in [0.2, 0.25) is 0 Å². The maximum atomic E-state index is 14.0. The summed E-state index contributed by atoms with van der Waals surface area (Å²) in [5.74, 6) is -0.373. The van der Waals surface area contributed by atoms with Crippen molar-refractivity contribution in [3.8, 4) is 0 Å². The van der Waals surface area contributed by atoms with Crippen LogP contribution in [-0.4, -0.2) is 75.0 Å². The van der Waals surface area contributed by atoms with Gasteiger partial charge in [0.05, 0.1) is 30.4 Å². The van der Waals surface area contributed by atoms with Crippen LogP contribution in [0.1, 0.15) is 73.8 Å². The number of amidine groups is 1. The van der Waals surface area contributed by atoms with E-state index in [1.54, 1.807) is 6.07 Å². The number of likely N-dealkylation sites (tertiary alicyclic amines) is 1. The van der Waals surface area contributed by atoms with Gasteiger partial charge >= 0.3 is 0 Å². The van der Waals surface area contributed by atoms with E-state index in [1.165, 1.54) is 21.8 Å². The number of thiophene rings is 1. The number of benzene rings is 1. The van der Waals surface area contributed by atoms with Crippen molar-refractivity contribution >= 4 is 39.0 Å². The van der Waals surface area contributed by atoms with Crippen LogP contribution in [0, 0.1) is 11.3 Å². The lowest BCUT2D eigenvalue weighted by Gasteiger charge is -2.29. The summed E-state index contributed by atoms with van der Waals surface area (Å²) in [6.07, 6.45) is 3.98. The molecule has 3 heterocycles. The number of hydrogen-bond donors (Lipinski definition) is 5. The van der Waals surface area contributed by atoms with Crippen LogP contribution >= 0.6 is 11.3 Å². The molecule has 2 aromatic rings. The van der Waals surface area contributed by atoms with Crippen molar-refractivity contribution in [1.29, 1.82) is 5.41 Å². The van der Waals surface area contributed by atoms with Crippen LogP contribution in [0.3, 0.4) is 0 Å². The molecule has 6 N–H and O–H groups in total. The Morgan fingerprint density at radius 3 is 2.44 bits per heavy atom. The van der Waals surface area contributed by atoms with E-state index in [9.17, 15) is 18.0 Å². The summed E-state index contributed by atoms with van der Waals surface area (Å²) in [6, 6.07) is 10.0. The van der Waals surface area contributed by atoms with Gasteiger partial charge in [0.2, 0.25) is 21.8 Å². The lowest BCUT2D eigenvalue weighted by molar-refractivity contribution is -0.140. The first kappa shape index (κ1) is 35.0. The van der Waals surface area contributed by atoms with E-state index < -0.39 is 34.1 Å². The van der Waals surface area contributed by atoms with Gasteiger partial charge in [-0.3, -0.25) is 15.0 Å². The van der Waals surface area contributed by atoms with Crippen molar-refractivity contribution < 1.29 is 22.7 Å². The summed E-state index contributed by atoms with van der Waals surface area (Å²) in [6.45, 7) is 9.03. The Kier molecular flexibility index (Phi) is 11.8. The first-order chi connectivity index (χ1) is 21.2. The zero-order valence-corrected chi connectivity index (χ0v) is 28.4. The molecule has 0 spiro atoms. The van der Waals surface area contributed by atoms with Gasteiger partial charge in [0.1, 0.15) is 17.9 Å². The smallest absolute Gasteiger partial charge is 0.243 e. The number of nitrogens with one attached hydrogen (secondary N) is 4. The van der Waals surface area contributed by atoms with Crippen molar-refractivity contribution in [2.24, 2.45) is 11.7 Å². The van der Waals surface area contributed by atoms with E-state index in [-0.39, 0.29) is 30.2 Å². The summed E-state index contributed by atoms with van der Waals surface area (Å²) in [5.41, 5.74) is 7.83. The SMILES string of the molecule is CC(C)(C)c1ccc(CO[C@@H]2C[C@H](C(=O)NCc3ccc(C(=N)N)s3)N(C(=O)[C@@H](CCC3CCNCC3)NS(C)(=O)=O)C2)cc1. The van der Waals surface area contributed by atoms with Gasteiger partial charge in [0, 0.05) is 17.8 Å². The predicted molar refractivity (Wildman–Crippen MR) is 178 cm³/mol. The van der Waals surface area contributed by atoms with Crippen LogP contribution in [0.5, 0.6) is 0 Å². The van der Waals surface area contributed by atoms with Crippen LogP contribution in [0.25, 0.3) is 0 Å². The minimum atomic E-state index is -3.68. The molecule has 0 radical (unpaired) electrons. The van der Waals surface area contributed by atoms with E-state index >= 15 is 0 Å². The largest absolute Gasteiger partial charge is 0.383 e. The number of nitrogens with zero attached hydrogens (tertiary/aromatic N) is 1. The quantitative estimate of drug-likeness (QED) is 0.163. The Hall–Kier alpha value is -2.84. The average molecular weight is 661 g/mol. The molecular weight excluding hydrogens is 613 g/mol. The number of hydrogen-bond acceptors (Lipinski definition) is 8. The van der Waals surface area contributed by atoms with Crippen molar-refractivity contribution in [2.45, 2.75) is 89.6 Å². The number of ether oxygens (including phenoxy) is 1. The highest BCUT2D eigenvalue weighted by Gasteiger charge is 2.42. The van der Waals surface area contributed by atoms with E-state index in [2.05, 4.69) is 48.3 Å². The zero-order chi connectivity index (χ0) is 32.8. The third-order valence-electron chi connectivity index (χ3n) is 8.49. The number of amides is 2. The second kappa shape index (κ2) is 15.2. The molecular formula is C32H48N6O5S2. The van der Waals surface area contributed by atoms with Gasteiger partial charge < -0.3 is 26.0 Å². The molecule has 1 aromatic heterocycles. The fraction of sp³-hybridized carbons (Fsp3) is 0.594. The molecule has 1 aromatic carbocycles. The van der Waals surface area contributed by atoms with Crippen molar-refractivity contribution in [1.82, 2.24) is 20.3 Å². The van der Waals surface area contributed by atoms with Gasteiger partial charge in [0.15, 0.2) is 0 Å². The standard InChI is InChI=1S/C32H48N6O5S2/c1-32(2,3)23-8-5-22(6-9-23)20-43-24-17-27(30(39)36-18-25-10-12-28(44-25)29(33)34)38(19-24)31(40)26(37-45(4,41)42)11-7-21-13-15-35-16-14-21/h5-6,8-10,12,21,24,26-27,35,37H,7,11,13-20H2,1-4H3,(H3,33,34)(H,36,39)/t24-,26-,27-/m1/s1. The molecule has 248 valence electrons. The second-order valence-corrected chi connectivity index (χ2v) is 16.2. The fourth-order valence-corrected chi connectivity index (χ4v) is 7.44. The number of piperidine rings is 1. The Labute approximate surface area is 271 Å². The van der Waals surface area contributed by atoms with Crippen LogP contribution < -0.4 is 21.1 Å². The topological polar surface area (TPSA) is 167 Å². The Balaban J connectivity index is 1.48. The third kappa shape index (κ3) is 10.3. The molecule has 2 aliphatic heterocycles. The normalized spacial score (nSPS) is 20.2. The Morgan fingerprint density at radius 1 is 1.16 bits per heavy atom. The van der Waals surface area contributed by atoms with Gasteiger partial charge in [0.25, 0.3) is 0 Å². The third-order valence-corrected chi connectivity index (χ3v) is 10.3. The van der Waals surface area contributed by atoms with E-state index in [1.807, 2.05) is 18.2 Å². The molecule has 4 rings (SSSR count). The summed E-state index contributed by atoms with van der Waals surface area (Å²) >= 11 is 1.32. The van der Waals surface area contributed by atoms with Gasteiger partial charge in [-0.15, -0.1) is 11.3 Å². The Bertz CT molecular complexity index is 1430. The molecule has 3 atom stereocenters. The highest BCUT2D eigenvalue weighted by molar-refractivity contribution is 7.88. The summed E-state index contributed by atoms with van der Waals surface area (Å²) in [7, 11) is -3.68. The number of sulfonamides is 1. The molecule has 2 amide bonds. The lowest BCUT2D eigenvalue weighted by Crippen LogP contribution is -2.53. The molecule has 11 nitrogen and oxygen atoms in total. The molecule has 2 saturated heterocycles. The number of carbonyl (C=O) groups excluding carboxylic acids is 2. The molecule has 0 bridgehead atoms. The summed E-state index contributed by atoms with van der Waals surface area (Å²) in [4.78, 5) is 30.5. The maximum Gasteiger partial charge on any atom is 0.243 e. The average Bonchev–Trinajstić information content (AvgIpc) is 3.64. The molecule has 2 fully saturated rings. The van der Waals surface area contributed by atoms with E-state index in [0.29, 0.717) is 36.7 Å². The molecule has 0 aliphatic carbocycles. The molecule has 45 heavy (non-hydrogen) atoms. The molecule has 0 saturated carbocycles. The van der Waals surface area contributed by atoms with Crippen LogP contribution in [-0.2, 0) is 42.9 Å². The molecule has 13 heteroatoms.